The van der Waals surface area contributed by atoms with Crippen LogP contribution in [0.25, 0.3) is 0 Å². The average Bonchev–Trinajstić information content (AvgIpc) is 3.08. The molecule has 6 heteroatoms. The molecule has 1 fully saturated rings. The smallest absolute Gasteiger partial charge is 0.244 e. The second-order valence-corrected chi connectivity index (χ2v) is 8.06. The van der Waals surface area contributed by atoms with Gasteiger partial charge in [0.25, 0.3) is 0 Å². The molecule has 1 unspecified atom stereocenters. The maximum atomic E-state index is 12.8. The molecule has 4 nitrogen and oxygen atoms in total. The number of nitrogens with one attached hydrogen (secondary N) is 1. The molecule has 1 aromatic rings. The zero-order chi connectivity index (χ0) is 14.6. The van der Waals surface area contributed by atoms with E-state index in [9.17, 15) is 8.42 Å². The summed E-state index contributed by atoms with van der Waals surface area (Å²) in [6.07, 6.45) is 3.92. The minimum Gasteiger partial charge on any atom is -0.312 e. The van der Waals surface area contributed by atoms with Crippen molar-refractivity contribution in [2.75, 3.05) is 13.1 Å². The first-order valence-electron chi connectivity index (χ1n) is 7.40. The SMILES string of the molecule is CCCNCc1sccc1S(=O)(=O)N1CCCC1CC. The Morgan fingerprint density at radius 2 is 2.25 bits per heavy atom. The van der Waals surface area contributed by atoms with Crippen LogP contribution in [0.1, 0.15) is 44.4 Å². The van der Waals surface area contributed by atoms with E-state index in [1.165, 1.54) is 11.3 Å². The molecule has 1 N–H and O–H groups in total. The summed E-state index contributed by atoms with van der Waals surface area (Å²) in [5, 5.41) is 5.18. The number of nitrogens with zero attached hydrogens (tertiary/aromatic N) is 1. The fraction of sp³-hybridized carbons (Fsp3) is 0.714. The van der Waals surface area contributed by atoms with Crippen molar-refractivity contribution in [1.29, 1.82) is 0 Å². The molecule has 114 valence electrons. The van der Waals surface area contributed by atoms with Crippen LogP contribution >= 0.6 is 11.3 Å². The number of rotatable bonds is 7. The second-order valence-electron chi connectivity index (χ2n) is 5.20. The zero-order valence-corrected chi connectivity index (χ0v) is 13.9. The van der Waals surface area contributed by atoms with Crippen LogP contribution < -0.4 is 5.32 Å². The van der Waals surface area contributed by atoms with E-state index in [0.717, 1.165) is 37.1 Å². The van der Waals surface area contributed by atoms with Gasteiger partial charge in [0.05, 0.1) is 4.90 Å². The normalized spacial score (nSPS) is 20.6. The molecule has 0 bridgehead atoms. The Hall–Kier alpha value is -0.430. The number of thiophene rings is 1. The van der Waals surface area contributed by atoms with Crippen molar-refractivity contribution in [2.45, 2.75) is 57.0 Å². The summed E-state index contributed by atoms with van der Waals surface area (Å²) in [4.78, 5) is 1.44. The maximum Gasteiger partial charge on any atom is 0.244 e. The average molecular weight is 316 g/mol. The van der Waals surface area contributed by atoms with Gasteiger partial charge in [-0.2, -0.15) is 4.31 Å². The summed E-state index contributed by atoms with van der Waals surface area (Å²) in [5.41, 5.74) is 0. The molecule has 0 radical (unpaired) electrons. The molecule has 1 saturated heterocycles. The third kappa shape index (κ3) is 3.24. The molecule has 0 aromatic carbocycles. The van der Waals surface area contributed by atoms with Crippen molar-refractivity contribution in [3.05, 3.63) is 16.3 Å². The van der Waals surface area contributed by atoms with Crippen LogP contribution in [0.5, 0.6) is 0 Å². The van der Waals surface area contributed by atoms with Gasteiger partial charge in [-0.3, -0.25) is 0 Å². The minimum atomic E-state index is -3.32. The van der Waals surface area contributed by atoms with Crippen LogP contribution in [0, 0.1) is 0 Å². The lowest BCUT2D eigenvalue weighted by atomic mass is 10.2. The van der Waals surface area contributed by atoms with Crippen molar-refractivity contribution in [3.8, 4) is 0 Å². The Morgan fingerprint density at radius 1 is 1.45 bits per heavy atom. The molecule has 0 saturated carbocycles. The largest absolute Gasteiger partial charge is 0.312 e. The Balaban J connectivity index is 2.19. The van der Waals surface area contributed by atoms with E-state index in [0.29, 0.717) is 18.0 Å². The van der Waals surface area contributed by atoms with Gasteiger partial charge in [0, 0.05) is 24.0 Å². The lowest BCUT2D eigenvalue weighted by Crippen LogP contribution is -2.35. The fourth-order valence-electron chi connectivity index (χ4n) is 2.73. The third-order valence-corrected chi connectivity index (χ3v) is 6.88. The Labute approximate surface area is 126 Å². The molecule has 1 aliphatic heterocycles. The van der Waals surface area contributed by atoms with Crippen molar-refractivity contribution in [1.82, 2.24) is 9.62 Å². The predicted octanol–water partition coefficient (Wildman–Crippen LogP) is 2.81. The molecular formula is C14H24N2O2S2. The maximum absolute atomic E-state index is 12.8. The summed E-state index contributed by atoms with van der Waals surface area (Å²) in [5.74, 6) is 0. The highest BCUT2D eigenvalue weighted by atomic mass is 32.2. The summed E-state index contributed by atoms with van der Waals surface area (Å²) in [7, 11) is -3.32. The summed E-state index contributed by atoms with van der Waals surface area (Å²) >= 11 is 1.53. The standard InChI is InChI=1S/C14H24N2O2S2/c1-3-8-15-11-13-14(7-10-19-13)20(17,18)16-9-5-6-12(16)4-2/h7,10,12,15H,3-6,8-9,11H2,1-2H3. The Bertz CT molecular complexity index is 525. The molecule has 2 heterocycles. The first-order valence-corrected chi connectivity index (χ1v) is 9.72. The monoisotopic (exact) mass is 316 g/mol. The van der Waals surface area contributed by atoms with Crippen LogP contribution in [0.3, 0.4) is 0 Å². The van der Waals surface area contributed by atoms with Crippen LogP contribution in [-0.2, 0) is 16.6 Å². The van der Waals surface area contributed by atoms with Crippen molar-refractivity contribution in [3.63, 3.8) is 0 Å². The lowest BCUT2D eigenvalue weighted by Gasteiger charge is -2.23. The second kappa shape index (κ2) is 7.02. The molecule has 20 heavy (non-hydrogen) atoms. The summed E-state index contributed by atoms with van der Waals surface area (Å²) in [6.45, 7) is 6.40. The first-order chi connectivity index (χ1) is 9.61. The van der Waals surface area contributed by atoms with Crippen LogP contribution in [-0.4, -0.2) is 31.9 Å². The number of hydrogen-bond donors (Lipinski definition) is 1. The van der Waals surface area contributed by atoms with Crippen LogP contribution in [0.2, 0.25) is 0 Å². The quantitative estimate of drug-likeness (QED) is 0.787. The van der Waals surface area contributed by atoms with E-state index in [4.69, 9.17) is 0 Å². The Kier molecular flexibility index (Phi) is 5.60. The van der Waals surface area contributed by atoms with Gasteiger partial charge in [0.1, 0.15) is 0 Å². The van der Waals surface area contributed by atoms with Gasteiger partial charge in [-0.05, 0) is 43.7 Å². The molecule has 1 aliphatic rings. The van der Waals surface area contributed by atoms with Gasteiger partial charge in [0.15, 0.2) is 0 Å². The predicted molar refractivity (Wildman–Crippen MR) is 83.5 cm³/mol. The molecule has 0 amide bonds. The Morgan fingerprint density at radius 3 is 2.95 bits per heavy atom. The molecule has 1 aromatic heterocycles. The fourth-order valence-corrected chi connectivity index (χ4v) is 5.88. The lowest BCUT2D eigenvalue weighted by molar-refractivity contribution is 0.379. The summed E-state index contributed by atoms with van der Waals surface area (Å²) in [6, 6.07) is 1.94. The topological polar surface area (TPSA) is 49.4 Å². The molecule has 0 spiro atoms. The molecular weight excluding hydrogens is 292 g/mol. The third-order valence-electron chi connectivity index (χ3n) is 3.80. The van der Waals surface area contributed by atoms with Crippen molar-refractivity contribution < 1.29 is 8.42 Å². The summed E-state index contributed by atoms with van der Waals surface area (Å²) < 4.78 is 27.4. The van der Waals surface area contributed by atoms with E-state index >= 15 is 0 Å². The minimum absolute atomic E-state index is 0.177. The van der Waals surface area contributed by atoms with E-state index in [2.05, 4.69) is 19.2 Å². The van der Waals surface area contributed by atoms with Gasteiger partial charge < -0.3 is 5.32 Å². The van der Waals surface area contributed by atoms with Gasteiger partial charge in [0.2, 0.25) is 10.0 Å². The van der Waals surface area contributed by atoms with E-state index < -0.39 is 10.0 Å². The van der Waals surface area contributed by atoms with Crippen molar-refractivity contribution in [2.24, 2.45) is 0 Å². The van der Waals surface area contributed by atoms with Gasteiger partial charge >= 0.3 is 0 Å². The van der Waals surface area contributed by atoms with Gasteiger partial charge in [-0.25, -0.2) is 8.42 Å². The van der Waals surface area contributed by atoms with E-state index in [1.54, 1.807) is 10.4 Å². The molecule has 1 atom stereocenters. The highest BCUT2D eigenvalue weighted by Gasteiger charge is 2.35. The number of hydrogen-bond acceptors (Lipinski definition) is 4. The number of sulfonamides is 1. The zero-order valence-electron chi connectivity index (χ0n) is 12.3. The van der Waals surface area contributed by atoms with E-state index in [-0.39, 0.29) is 6.04 Å². The van der Waals surface area contributed by atoms with Crippen molar-refractivity contribution >= 4 is 21.4 Å². The van der Waals surface area contributed by atoms with Crippen LogP contribution in [0.4, 0.5) is 0 Å². The highest BCUT2D eigenvalue weighted by molar-refractivity contribution is 7.89. The molecule has 2 rings (SSSR count). The van der Waals surface area contributed by atoms with Crippen LogP contribution in [0.15, 0.2) is 16.3 Å². The van der Waals surface area contributed by atoms with E-state index in [1.807, 2.05) is 5.38 Å². The highest BCUT2D eigenvalue weighted by Crippen LogP contribution is 2.31. The molecule has 0 aliphatic carbocycles. The first kappa shape index (κ1) is 15.9. The van der Waals surface area contributed by atoms with Gasteiger partial charge in [-0.1, -0.05) is 13.8 Å². The van der Waals surface area contributed by atoms with Gasteiger partial charge in [-0.15, -0.1) is 11.3 Å².